The molecule has 2 heteroatoms. The van der Waals surface area contributed by atoms with Crippen molar-refractivity contribution in [3.05, 3.63) is 212 Å². The molecule has 9 aromatic carbocycles. The molecule has 0 saturated heterocycles. The van der Waals surface area contributed by atoms with Gasteiger partial charge in [-0.25, -0.2) is 0 Å². The van der Waals surface area contributed by atoms with E-state index >= 15 is 0 Å². The van der Waals surface area contributed by atoms with E-state index in [0.717, 1.165) is 17.1 Å². The molecule has 10 aromatic rings. The Labute approximate surface area is 319 Å². The number of para-hydroxylation sites is 1. The zero-order valence-electron chi connectivity index (χ0n) is 29.6. The number of nitrogens with zero attached hydrogens (tertiary/aromatic N) is 1. The summed E-state index contributed by atoms with van der Waals surface area (Å²) in [5, 5.41) is 5.13. The van der Waals surface area contributed by atoms with Crippen LogP contribution in [0.15, 0.2) is 212 Å². The molecule has 54 heavy (non-hydrogen) atoms. The summed E-state index contributed by atoms with van der Waals surface area (Å²) in [5.41, 5.74) is 13.0. The van der Waals surface area contributed by atoms with E-state index in [-0.39, 0.29) is 0 Å². The van der Waals surface area contributed by atoms with E-state index < -0.39 is 0 Å². The molecule has 0 aliphatic carbocycles. The fourth-order valence-electron chi connectivity index (χ4n) is 7.81. The Bertz CT molecular complexity index is 2920. The highest BCUT2D eigenvalue weighted by Crippen LogP contribution is 2.44. The van der Waals surface area contributed by atoms with Crippen LogP contribution in [0, 0.1) is 0 Å². The smallest absolute Gasteiger partial charge is 0.0540 e. The number of thiophene rings is 1. The van der Waals surface area contributed by atoms with Crippen molar-refractivity contribution in [2.45, 2.75) is 0 Å². The van der Waals surface area contributed by atoms with Gasteiger partial charge in [-0.15, -0.1) is 11.3 Å². The second-order valence-corrected chi connectivity index (χ2v) is 14.8. The molecule has 10 rings (SSSR count). The summed E-state index contributed by atoms with van der Waals surface area (Å²) < 4.78 is 2.59. The van der Waals surface area contributed by atoms with Crippen molar-refractivity contribution >= 4 is 59.3 Å². The first-order valence-corrected chi connectivity index (χ1v) is 19.2. The molecular weight excluding hydrogens is 671 g/mol. The normalized spacial score (nSPS) is 11.3. The molecule has 0 spiro atoms. The van der Waals surface area contributed by atoms with Gasteiger partial charge in [0.2, 0.25) is 0 Å². The molecule has 0 unspecified atom stereocenters. The van der Waals surface area contributed by atoms with E-state index in [1.54, 1.807) is 0 Å². The lowest BCUT2D eigenvalue weighted by atomic mass is 9.95. The van der Waals surface area contributed by atoms with E-state index in [1.165, 1.54) is 75.5 Å². The van der Waals surface area contributed by atoms with Gasteiger partial charge in [-0.1, -0.05) is 170 Å². The van der Waals surface area contributed by atoms with Crippen LogP contribution < -0.4 is 4.90 Å². The second-order valence-electron chi connectivity index (χ2n) is 13.7. The van der Waals surface area contributed by atoms with Crippen molar-refractivity contribution in [3.8, 4) is 44.5 Å². The Balaban J connectivity index is 1.08. The molecule has 0 aliphatic rings. The molecule has 254 valence electrons. The summed E-state index contributed by atoms with van der Waals surface area (Å²) in [5.74, 6) is 0. The minimum atomic E-state index is 1.11. The fourth-order valence-corrected chi connectivity index (χ4v) is 8.95. The number of rotatable bonds is 7. The molecule has 0 fully saturated rings. The molecule has 0 bridgehead atoms. The molecule has 0 radical (unpaired) electrons. The third-order valence-corrected chi connectivity index (χ3v) is 11.6. The largest absolute Gasteiger partial charge is 0.310 e. The van der Waals surface area contributed by atoms with E-state index in [1.807, 2.05) is 11.3 Å². The number of fused-ring (bicyclic) bond motifs is 4. The fraction of sp³-hybridized carbons (Fsp3) is 0. The van der Waals surface area contributed by atoms with Crippen molar-refractivity contribution in [1.82, 2.24) is 0 Å². The topological polar surface area (TPSA) is 3.24 Å². The molecule has 0 aliphatic heterocycles. The van der Waals surface area contributed by atoms with Crippen LogP contribution in [-0.2, 0) is 0 Å². The quantitative estimate of drug-likeness (QED) is 0.160. The lowest BCUT2D eigenvalue weighted by molar-refractivity contribution is 1.29. The number of hydrogen-bond acceptors (Lipinski definition) is 2. The van der Waals surface area contributed by atoms with Gasteiger partial charge in [0, 0.05) is 37.1 Å². The van der Waals surface area contributed by atoms with Gasteiger partial charge in [0.25, 0.3) is 0 Å². The summed E-state index contributed by atoms with van der Waals surface area (Å²) in [7, 11) is 0. The van der Waals surface area contributed by atoms with Gasteiger partial charge in [0.05, 0.1) is 5.69 Å². The summed E-state index contributed by atoms with van der Waals surface area (Å²) in [4.78, 5) is 2.42. The first-order chi connectivity index (χ1) is 26.8. The Hall–Kier alpha value is -6.74. The summed E-state index contributed by atoms with van der Waals surface area (Å²) in [6.45, 7) is 0. The molecular formula is C52H35NS. The van der Waals surface area contributed by atoms with Crippen molar-refractivity contribution in [3.63, 3.8) is 0 Å². The van der Waals surface area contributed by atoms with E-state index in [4.69, 9.17) is 0 Å². The molecule has 1 heterocycles. The maximum Gasteiger partial charge on any atom is 0.0540 e. The molecule has 0 N–H and O–H groups in total. The van der Waals surface area contributed by atoms with Crippen LogP contribution in [0.25, 0.3) is 75.5 Å². The second kappa shape index (κ2) is 13.7. The SMILES string of the molecule is c1ccc(-c2ccc(-c3ccccc3N(c3ccc(-c4cccc(-c5cccc6ccccc56)c4)cc3)c3ccc4c(c3)sc3ccccc34)cc2)cc1. The Morgan fingerprint density at radius 2 is 0.852 bits per heavy atom. The van der Waals surface area contributed by atoms with Gasteiger partial charge in [-0.05, 0) is 92.2 Å². The van der Waals surface area contributed by atoms with E-state index in [9.17, 15) is 0 Å². The Morgan fingerprint density at radius 3 is 1.72 bits per heavy atom. The van der Waals surface area contributed by atoms with E-state index in [2.05, 4.69) is 217 Å². The van der Waals surface area contributed by atoms with Crippen molar-refractivity contribution in [2.24, 2.45) is 0 Å². The average Bonchev–Trinajstić information content (AvgIpc) is 3.62. The lowest BCUT2D eigenvalue weighted by Crippen LogP contribution is -2.11. The predicted molar refractivity (Wildman–Crippen MR) is 233 cm³/mol. The van der Waals surface area contributed by atoms with Gasteiger partial charge in [-0.2, -0.15) is 0 Å². The maximum atomic E-state index is 2.42. The molecule has 0 atom stereocenters. The van der Waals surface area contributed by atoms with Crippen LogP contribution in [0.3, 0.4) is 0 Å². The highest BCUT2D eigenvalue weighted by molar-refractivity contribution is 7.25. The average molecular weight is 706 g/mol. The number of anilines is 3. The van der Waals surface area contributed by atoms with Gasteiger partial charge in [0.15, 0.2) is 0 Å². The molecule has 1 nitrogen and oxygen atoms in total. The van der Waals surface area contributed by atoms with Gasteiger partial charge in [0.1, 0.15) is 0 Å². The van der Waals surface area contributed by atoms with Crippen molar-refractivity contribution < 1.29 is 0 Å². The standard InChI is InChI=1S/C52H35NS/c1-2-12-36(13-3-1)37-24-26-40(27-25-37)47-19-6-8-22-50(47)53(44-32-33-49-48-20-7-9-23-51(48)54-52(49)35-44)43-30-28-38(29-31-43)41-16-10-17-42(34-41)46-21-11-15-39-14-4-5-18-45(39)46/h1-35H. The van der Waals surface area contributed by atoms with Gasteiger partial charge < -0.3 is 4.90 Å². The molecule has 0 saturated carbocycles. The zero-order chi connectivity index (χ0) is 35.8. The Kier molecular flexibility index (Phi) is 8.09. The van der Waals surface area contributed by atoms with Crippen molar-refractivity contribution in [1.29, 1.82) is 0 Å². The summed E-state index contributed by atoms with van der Waals surface area (Å²) in [6, 6.07) is 77.1. The van der Waals surface area contributed by atoms with Crippen LogP contribution in [0.5, 0.6) is 0 Å². The lowest BCUT2D eigenvalue weighted by Gasteiger charge is -2.28. The third-order valence-electron chi connectivity index (χ3n) is 10.5. The van der Waals surface area contributed by atoms with Crippen LogP contribution in [-0.4, -0.2) is 0 Å². The van der Waals surface area contributed by atoms with Crippen LogP contribution in [0.1, 0.15) is 0 Å². The zero-order valence-corrected chi connectivity index (χ0v) is 30.4. The predicted octanol–water partition coefficient (Wildman–Crippen LogP) is 15.3. The third kappa shape index (κ3) is 5.84. The summed E-state index contributed by atoms with van der Waals surface area (Å²) >= 11 is 1.86. The van der Waals surface area contributed by atoms with Crippen molar-refractivity contribution in [2.75, 3.05) is 4.90 Å². The van der Waals surface area contributed by atoms with Gasteiger partial charge in [-0.3, -0.25) is 0 Å². The Morgan fingerprint density at radius 1 is 0.296 bits per heavy atom. The number of hydrogen-bond donors (Lipinski definition) is 0. The van der Waals surface area contributed by atoms with Crippen LogP contribution in [0.2, 0.25) is 0 Å². The minimum absolute atomic E-state index is 1.11. The van der Waals surface area contributed by atoms with E-state index in [0.29, 0.717) is 0 Å². The first-order valence-electron chi connectivity index (χ1n) is 18.4. The monoisotopic (exact) mass is 705 g/mol. The highest BCUT2D eigenvalue weighted by atomic mass is 32.1. The van der Waals surface area contributed by atoms with Crippen LogP contribution >= 0.6 is 11.3 Å². The first kappa shape index (κ1) is 32.0. The minimum Gasteiger partial charge on any atom is -0.310 e. The summed E-state index contributed by atoms with van der Waals surface area (Å²) in [6.07, 6.45) is 0. The maximum absolute atomic E-state index is 2.42. The van der Waals surface area contributed by atoms with Crippen LogP contribution in [0.4, 0.5) is 17.1 Å². The molecule has 0 amide bonds. The highest BCUT2D eigenvalue weighted by Gasteiger charge is 2.19. The molecule has 1 aromatic heterocycles. The van der Waals surface area contributed by atoms with Gasteiger partial charge >= 0.3 is 0 Å². The number of benzene rings is 9.